The summed E-state index contributed by atoms with van der Waals surface area (Å²) in [7, 11) is 3.86. The summed E-state index contributed by atoms with van der Waals surface area (Å²) in [4.78, 5) is 20.0. The van der Waals surface area contributed by atoms with Gasteiger partial charge in [-0.3, -0.25) is 9.47 Å². The first-order valence-electron chi connectivity index (χ1n) is 9.28. The van der Waals surface area contributed by atoms with E-state index >= 15 is 0 Å². The first-order chi connectivity index (χ1) is 13.1. The van der Waals surface area contributed by atoms with Gasteiger partial charge in [-0.25, -0.2) is 9.78 Å². The predicted octanol–water partition coefficient (Wildman–Crippen LogP) is 0.416. The van der Waals surface area contributed by atoms with Gasteiger partial charge in [0.2, 0.25) is 0 Å². The standard InChI is InChI=1S/C18H22N8O/c1-23(9-13-7-8-19-18(27)24(13)2)14-10-25(11-14)16-6-5-15-20-21-17(12-3-4-12)26(15)22-16/h5-8,12,14H,3-4,9-11H2,1-2H3. The summed E-state index contributed by atoms with van der Waals surface area (Å²) >= 11 is 0. The Hall–Kier alpha value is -2.81. The molecule has 2 fully saturated rings. The van der Waals surface area contributed by atoms with Crippen LogP contribution < -0.4 is 10.6 Å². The maximum Gasteiger partial charge on any atom is 0.347 e. The fraction of sp³-hybridized carbons (Fsp3) is 0.500. The number of nitrogens with zero attached hydrogens (tertiary/aromatic N) is 8. The SMILES string of the molecule is CN(Cc1ccnc(=O)n1C)C1CN(c2ccc3nnc(C4CC4)n3n2)C1. The number of anilines is 1. The zero-order chi connectivity index (χ0) is 18.5. The third-order valence-corrected chi connectivity index (χ3v) is 5.61. The molecule has 0 amide bonds. The Morgan fingerprint density at radius 1 is 1.19 bits per heavy atom. The highest BCUT2D eigenvalue weighted by Gasteiger charge is 2.33. The molecule has 3 aromatic rings. The van der Waals surface area contributed by atoms with Gasteiger partial charge in [-0.2, -0.15) is 4.52 Å². The van der Waals surface area contributed by atoms with Gasteiger partial charge in [-0.15, -0.1) is 15.3 Å². The molecule has 27 heavy (non-hydrogen) atoms. The van der Waals surface area contributed by atoms with E-state index in [4.69, 9.17) is 5.10 Å². The third kappa shape index (κ3) is 2.87. The molecule has 0 radical (unpaired) electrons. The normalized spacial score (nSPS) is 17.7. The predicted molar refractivity (Wildman–Crippen MR) is 99.7 cm³/mol. The molecule has 1 aliphatic heterocycles. The van der Waals surface area contributed by atoms with Crippen LogP contribution in [0, 0.1) is 0 Å². The molecule has 4 heterocycles. The van der Waals surface area contributed by atoms with Crippen molar-refractivity contribution in [2.45, 2.75) is 31.3 Å². The molecular formula is C18H22N8O. The van der Waals surface area contributed by atoms with E-state index in [2.05, 4.69) is 32.0 Å². The molecular weight excluding hydrogens is 344 g/mol. The van der Waals surface area contributed by atoms with Crippen LogP contribution in [0.25, 0.3) is 5.65 Å². The van der Waals surface area contributed by atoms with Crippen molar-refractivity contribution in [2.24, 2.45) is 7.05 Å². The molecule has 1 aliphatic carbocycles. The Bertz CT molecular complexity index is 1050. The number of fused-ring (bicyclic) bond motifs is 1. The maximum atomic E-state index is 11.7. The summed E-state index contributed by atoms with van der Waals surface area (Å²) in [6, 6.07) is 6.33. The molecule has 0 aromatic carbocycles. The van der Waals surface area contributed by atoms with Crippen molar-refractivity contribution in [3.63, 3.8) is 0 Å². The monoisotopic (exact) mass is 366 g/mol. The van der Waals surface area contributed by atoms with Crippen molar-refractivity contribution in [2.75, 3.05) is 25.0 Å². The summed E-state index contributed by atoms with van der Waals surface area (Å²) in [6.07, 6.45) is 3.94. The molecule has 0 bridgehead atoms. The Kier molecular flexibility index (Phi) is 3.71. The van der Waals surface area contributed by atoms with Crippen molar-refractivity contribution >= 4 is 11.5 Å². The minimum absolute atomic E-state index is 0.214. The molecule has 140 valence electrons. The maximum absolute atomic E-state index is 11.7. The van der Waals surface area contributed by atoms with Crippen LogP contribution in [-0.4, -0.2) is 60.4 Å². The molecule has 3 aromatic heterocycles. The van der Waals surface area contributed by atoms with E-state index in [9.17, 15) is 4.79 Å². The van der Waals surface area contributed by atoms with Gasteiger partial charge >= 0.3 is 5.69 Å². The van der Waals surface area contributed by atoms with Crippen LogP contribution >= 0.6 is 0 Å². The largest absolute Gasteiger partial charge is 0.352 e. The fourth-order valence-corrected chi connectivity index (χ4v) is 3.53. The first kappa shape index (κ1) is 16.4. The Balaban J connectivity index is 1.27. The van der Waals surface area contributed by atoms with Crippen LogP contribution in [0.2, 0.25) is 0 Å². The highest BCUT2D eigenvalue weighted by molar-refractivity contribution is 5.48. The van der Waals surface area contributed by atoms with E-state index in [-0.39, 0.29) is 5.69 Å². The van der Waals surface area contributed by atoms with Crippen molar-refractivity contribution in [1.82, 2.24) is 34.3 Å². The van der Waals surface area contributed by atoms with Crippen LogP contribution in [0.4, 0.5) is 5.82 Å². The molecule has 0 atom stereocenters. The Morgan fingerprint density at radius 3 is 2.78 bits per heavy atom. The molecule has 5 rings (SSSR count). The molecule has 9 nitrogen and oxygen atoms in total. The quantitative estimate of drug-likeness (QED) is 0.647. The van der Waals surface area contributed by atoms with Gasteiger partial charge in [0.05, 0.1) is 0 Å². The van der Waals surface area contributed by atoms with Crippen molar-refractivity contribution in [3.05, 3.63) is 46.4 Å². The highest BCUT2D eigenvalue weighted by atomic mass is 16.1. The van der Waals surface area contributed by atoms with E-state index < -0.39 is 0 Å². The summed E-state index contributed by atoms with van der Waals surface area (Å²) in [6.45, 7) is 2.54. The van der Waals surface area contributed by atoms with Gasteiger partial charge in [0.15, 0.2) is 11.5 Å². The Morgan fingerprint density at radius 2 is 2.00 bits per heavy atom. The lowest BCUT2D eigenvalue weighted by molar-refractivity contribution is 0.192. The molecule has 9 heteroatoms. The number of hydrogen-bond acceptors (Lipinski definition) is 7. The summed E-state index contributed by atoms with van der Waals surface area (Å²) in [5.41, 5.74) is 1.57. The molecule has 2 aliphatic rings. The van der Waals surface area contributed by atoms with Crippen molar-refractivity contribution < 1.29 is 0 Å². The molecule has 0 unspecified atom stereocenters. The number of aromatic nitrogens is 6. The van der Waals surface area contributed by atoms with Crippen LogP contribution in [0.3, 0.4) is 0 Å². The van der Waals surface area contributed by atoms with E-state index in [1.165, 1.54) is 12.8 Å². The van der Waals surface area contributed by atoms with E-state index in [0.717, 1.165) is 42.6 Å². The van der Waals surface area contributed by atoms with Gasteiger partial charge in [0.1, 0.15) is 5.82 Å². The minimum Gasteiger partial charge on any atom is -0.352 e. The van der Waals surface area contributed by atoms with Crippen LogP contribution in [0.15, 0.2) is 29.2 Å². The van der Waals surface area contributed by atoms with Gasteiger partial charge in [-0.1, -0.05) is 0 Å². The lowest BCUT2D eigenvalue weighted by Crippen LogP contribution is -2.58. The first-order valence-corrected chi connectivity index (χ1v) is 9.28. The summed E-state index contributed by atoms with van der Waals surface area (Å²) < 4.78 is 3.50. The van der Waals surface area contributed by atoms with Crippen molar-refractivity contribution in [3.8, 4) is 0 Å². The molecule has 0 N–H and O–H groups in total. The third-order valence-electron chi connectivity index (χ3n) is 5.61. The smallest absolute Gasteiger partial charge is 0.347 e. The van der Waals surface area contributed by atoms with Crippen LogP contribution in [0.1, 0.15) is 30.3 Å². The lowest BCUT2D eigenvalue weighted by Gasteiger charge is -2.44. The van der Waals surface area contributed by atoms with Gasteiger partial charge < -0.3 is 4.90 Å². The topological polar surface area (TPSA) is 84.5 Å². The van der Waals surface area contributed by atoms with Gasteiger partial charge in [0, 0.05) is 50.5 Å². The van der Waals surface area contributed by atoms with Gasteiger partial charge in [0.25, 0.3) is 0 Å². The Labute approximate surface area is 156 Å². The van der Waals surface area contributed by atoms with Crippen LogP contribution in [-0.2, 0) is 13.6 Å². The summed E-state index contributed by atoms with van der Waals surface area (Å²) in [5.74, 6) is 2.47. The second-order valence-corrected chi connectivity index (χ2v) is 7.55. The molecule has 0 spiro atoms. The molecule has 1 saturated heterocycles. The summed E-state index contributed by atoms with van der Waals surface area (Å²) in [5, 5.41) is 13.3. The highest BCUT2D eigenvalue weighted by Crippen LogP contribution is 2.38. The average Bonchev–Trinajstić information content (AvgIpc) is 3.37. The minimum atomic E-state index is -0.214. The average molecular weight is 366 g/mol. The van der Waals surface area contributed by atoms with E-state index in [1.54, 1.807) is 17.8 Å². The second kappa shape index (κ2) is 6.12. The van der Waals surface area contributed by atoms with E-state index in [1.807, 2.05) is 22.7 Å². The van der Waals surface area contributed by atoms with E-state index in [0.29, 0.717) is 12.0 Å². The van der Waals surface area contributed by atoms with Crippen LogP contribution in [0.5, 0.6) is 0 Å². The van der Waals surface area contributed by atoms with Gasteiger partial charge in [-0.05, 0) is 38.1 Å². The number of rotatable bonds is 5. The second-order valence-electron chi connectivity index (χ2n) is 7.55. The fourth-order valence-electron chi connectivity index (χ4n) is 3.53. The number of hydrogen-bond donors (Lipinski definition) is 0. The zero-order valence-electron chi connectivity index (χ0n) is 15.5. The lowest BCUT2D eigenvalue weighted by atomic mass is 10.1. The van der Waals surface area contributed by atoms with Crippen molar-refractivity contribution in [1.29, 1.82) is 0 Å². The zero-order valence-corrected chi connectivity index (χ0v) is 15.5. The molecule has 1 saturated carbocycles. The number of likely N-dealkylation sites (N-methyl/N-ethyl adjacent to an activating group) is 1.